The molecule has 2 heterocycles. The zero-order valence-corrected chi connectivity index (χ0v) is 34.0. The molecular formula is C45H57N2O4S2+. The predicted molar refractivity (Wildman–Crippen MR) is 223 cm³/mol. The minimum Gasteiger partial charge on any atom is -0.508 e. The van der Waals surface area contributed by atoms with Crippen LogP contribution in [0.15, 0.2) is 106 Å². The highest BCUT2D eigenvalue weighted by molar-refractivity contribution is 8.07. The first-order chi connectivity index (χ1) is 25.2. The summed E-state index contributed by atoms with van der Waals surface area (Å²) < 4.78 is 34.7. The van der Waals surface area contributed by atoms with E-state index in [0.29, 0.717) is 25.1 Å². The highest BCUT2D eigenvalue weighted by atomic mass is 32.2. The van der Waals surface area contributed by atoms with Gasteiger partial charge in [0, 0.05) is 57.3 Å². The predicted octanol–water partition coefficient (Wildman–Crippen LogP) is 11.1. The zero-order valence-electron chi connectivity index (χ0n) is 32.4. The molecule has 2 aromatic rings. The van der Waals surface area contributed by atoms with Gasteiger partial charge in [-0.3, -0.25) is 4.55 Å². The van der Waals surface area contributed by atoms with Crippen molar-refractivity contribution in [2.45, 2.75) is 110 Å². The number of rotatable bonds is 14. The van der Waals surface area contributed by atoms with Crippen molar-refractivity contribution in [1.82, 2.24) is 0 Å². The van der Waals surface area contributed by atoms with Crippen molar-refractivity contribution in [3.63, 3.8) is 0 Å². The molecule has 0 saturated carbocycles. The van der Waals surface area contributed by atoms with Crippen LogP contribution in [-0.4, -0.2) is 47.2 Å². The molecule has 2 N–H and O–H groups in total. The average Bonchev–Trinajstić information content (AvgIpc) is 3.65. The second-order valence-corrected chi connectivity index (χ2v) is 18.6. The van der Waals surface area contributed by atoms with Gasteiger partial charge in [-0.1, -0.05) is 87.0 Å². The Morgan fingerprint density at radius 1 is 0.925 bits per heavy atom. The first kappa shape index (κ1) is 39.1. The van der Waals surface area contributed by atoms with Crippen molar-refractivity contribution >= 4 is 39.0 Å². The molecule has 2 aliphatic carbocycles. The lowest BCUT2D eigenvalue weighted by molar-refractivity contribution is -0.438. The number of allylic oxidation sites excluding steroid dienone is 10. The molecule has 0 spiro atoms. The van der Waals surface area contributed by atoms with Gasteiger partial charge in [0.15, 0.2) is 5.71 Å². The van der Waals surface area contributed by atoms with Crippen LogP contribution in [0.25, 0.3) is 0 Å². The number of hydrogen-bond acceptors (Lipinski definition) is 5. The van der Waals surface area contributed by atoms with Crippen LogP contribution in [0.2, 0.25) is 0 Å². The number of phenols is 1. The summed E-state index contributed by atoms with van der Waals surface area (Å²) in [5, 5.41) is 10.4. The average molecular weight is 754 g/mol. The Labute approximate surface area is 322 Å². The van der Waals surface area contributed by atoms with Crippen molar-refractivity contribution in [3.8, 4) is 5.75 Å². The Balaban J connectivity index is 1.38. The lowest BCUT2D eigenvalue weighted by Gasteiger charge is -2.27. The Hall–Kier alpha value is -3.59. The molecule has 0 atom stereocenters. The number of thioether (sulfide) groups is 1. The summed E-state index contributed by atoms with van der Waals surface area (Å²) in [4.78, 5) is 4.97. The van der Waals surface area contributed by atoms with Crippen LogP contribution in [-0.2, 0) is 20.9 Å². The van der Waals surface area contributed by atoms with E-state index in [1.807, 2.05) is 23.9 Å². The molecule has 0 bridgehead atoms. The van der Waals surface area contributed by atoms with Gasteiger partial charge >= 0.3 is 0 Å². The maximum absolute atomic E-state index is 11.5. The largest absolute Gasteiger partial charge is 0.508 e. The van der Waals surface area contributed by atoms with E-state index in [2.05, 4.69) is 118 Å². The van der Waals surface area contributed by atoms with Gasteiger partial charge in [0.2, 0.25) is 5.69 Å². The van der Waals surface area contributed by atoms with Crippen LogP contribution in [0.1, 0.15) is 109 Å². The molecule has 8 heteroatoms. The number of hydrogen-bond donors (Lipinski definition) is 2. The normalized spacial score (nSPS) is 20.7. The number of aryl methyl sites for hydroxylation is 1. The van der Waals surface area contributed by atoms with Crippen LogP contribution >= 0.6 is 11.8 Å². The number of nitrogens with zero attached hydrogens (tertiary/aromatic N) is 2. The van der Waals surface area contributed by atoms with Gasteiger partial charge in [0.1, 0.15) is 12.3 Å². The minimum atomic E-state index is -3.99. The maximum atomic E-state index is 11.5. The molecule has 0 saturated heterocycles. The topological polar surface area (TPSA) is 80.9 Å². The van der Waals surface area contributed by atoms with Crippen LogP contribution in [0, 0.1) is 6.92 Å². The molecule has 2 aliphatic heterocycles. The third-order valence-corrected chi connectivity index (χ3v) is 13.3. The van der Waals surface area contributed by atoms with Crippen molar-refractivity contribution < 1.29 is 22.7 Å². The molecular weight excluding hydrogens is 697 g/mol. The van der Waals surface area contributed by atoms with E-state index in [1.165, 1.54) is 73.3 Å². The molecule has 2 aromatic carbocycles. The minimum absolute atomic E-state index is 0.221. The number of phenolic OH excluding ortho intramolecular Hbond substituents is 1. The van der Waals surface area contributed by atoms with Gasteiger partial charge in [-0.05, 0) is 107 Å². The van der Waals surface area contributed by atoms with E-state index in [0.717, 1.165) is 38.6 Å². The molecule has 6 rings (SSSR count). The number of fused-ring (bicyclic) bond motifs is 2. The first-order valence-corrected chi connectivity index (χ1v) is 21.8. The maximum Gasteiger partial charge on any atom is 0.264 e. The Bertz CT molecular complexity index is 2080. The van der Waals surface area contributed by atoms with Gasteiger partial charge in [-0.15, -0.1) is 0 Å². The van der Waals surface area contributed by atoms with Gasteiger partial charge < -0.3 is 10.0 Å². The van der Waals surface area contributed by atoms with Crippen molar-refractivity contribution in [3.05, 3.63) is 122 Å². The van der Waals surface area contributed by atoms with Crippen molar-refractivity contribution in [2.24, 2.45) is 0 Å². The van der Waals surface area contributed by atoms with Crippen LogP contribution in [0.3, 0.4) is 0 Å². The molecule has 0 unspecified atom stereocenters. The second kappa shape index (κ2) is 16.0. The number of aromatic hydroxyl groups is 1. The van der Waals surface area contributed by atoms with Crippen LogP contribution < -0.4 is 4.90 Å². The third kappa shape index (κ3) is 8.55. The Morgan fingerprint density at radius 3 is 2.47 bits per heavy atom. The van der Waals surface area contributed by atoms with Gasteiger partial charge in [-0.25, -0.2) is 0 Å². The number of unbranched alkanes of at least 4 members (excludes halogenated alkanes) is 3. The summed E-state index contributed by atoms with van der Waals surface area (Å²) in [6, 6.07) is 12.5. The SMILES string of the molecule is CCCCC[N+]1=C(C=CC2=C(SC3=CCCC=C3)C(=CC=C3N(CCCCS(=O)(=O)O)c4ccc(C)cc4C3(C)C)CC2)C(C)(C)c2cc(O)ccc21. The van der Waals surface area contributed by atoms with Crippen LogP contribution in [0.5, 0.6) is 5.75 Å². The summed E-state index contributed by atoms with van der Waals surface area (Å²) in [6.07, 6.45) is 24.8. The van der Waals surface area contributed by atoms with E-state index in [1.54, 1.807) is 0 Å². The van der Waals surface area contributed by atoms with Gasteiger partial charge in [0.05, 0.1) is 11.2 Å². The third-order valence-electron chi connectivity index (χ3n) is 11.3. The number of benzene rings is 2. The van der Waals surface area contributed by atoms with E-state index < -0.39 is 10.1 Å². The molecule has 0 amide bonds. The molecule has 282 valence electrons. The van der Waals surface area contributed by atoms with E-state index in [-0.39, 0.29) is 16.6 Å². The summed E-state index contributed by atoms with van der Waals surface area (Å²) in [6.45, 7) is 15.1. The highest BCUT2D eigenvalue weighted by Crippen LogP contribution is 2.50. The van der Waals surface area contributed by atoms with Gasteiger partial charge in [0.25, 0.3) is 10.1 Å². The second-order valence-electron chi connectivity index (χ2n) is 16.0. The highest BCUT2D eigenvalue weighted by Gasteiger charge is 2.44. The molecule has 4 aliphatic rings. The van der Waals surface area contributed by atoms with E-state index in [9.17, 15) is 18.1 Å². The first-order valence-electron chi connectivity index (χ1n) is 19.4. The molecule has 0 aromatic heterocycles. The fourth-order valence-electron chi connectivity index (χ4n) is 8.30. The van der Waals surface area contributed by atoms with E-state index in [4.69, 9.17) is 0 Å². The molecule has 6 nitrogen and oxygen atoms in total. The van der Waals surface area contributed by atoms with Crippen molar-refractivity contribution in [2.75, 3.05) is 23.7 Å². The zero-order chi connectivity index (χ0) is 38.0. The summed E-state index contributed by atoms with van der Waals surface area (Å²) in [5.74, 6) is 0.0901. The smallest absolute Gasteiger partial charge is 0.264 e. The molecule has 0 radical (unpaired) electrons. The summed E-state index contributed by atoms with van der Waals surface area (Å²) in [5.41, 5.74) is 10.7. The lowest BCUT2D eigenvalue weighted by atomic mass is 9.81. The van der Waals surface area contributed by atoms with Crippen molar-refractivity contribution in [1.29, 1.82) is 0 Å². The Morgan fingerprint density at radius 2 is 1.74 bits per heavy atom. The monoisotopic (exact) mass is 753 g/mol. The quantitative estimate of drug-likeness (QED) is 0.114. The number of anilines is 1. The molecule has 53 heavy (non-hydrogen) atoms. The summed E-state index contributed by atoms with van der Waals surface area (Å²) in [7, 11) is -3.99. The fourth-order valence-corrected chi connectivity index (χ4v) is 10.1. The fraction of sp³-hybridized carbons (Fsp3) is 0.444. The molecule has 0 fully saturated rings. The van der Waals surface area contributed by atoms with E-state index >= 15 is 0 Å². The lowest BCUT2D eigenvalue weighted by Crippen LogP contribution is -2.28. The summed E-state index contributed by atoms with van der Waals surface area (Å²) >= 11 is 1.88. The Kier molecular flexibility index (Phi) is 11.8. The standard InChI is InChI=1S/C45H56N2O4S2/c1-7-8-12-27-46-40-24-22-35(48)31-38(40)45(5,6)42(46)26-21-34-19-18-33(43(34)52-36-15-10-9-11-16-36)20-25-41-44(3,4)37-30-32(2)17-23-39(37)47(41)28-13-14-29-53(49,50)51/h10,15-17,20-26,30-31H,7-9,11-14,18-19,27-29H2,1-6H3,(H-,48,49,50,51)/p+1. The van der Waals surface area contributed by atoms with Gasteiger partial charge in [-0.2, -0.15) is 13.0 Å². The van der Waals surface area contributed by atoms with Crippen LogP contribution in [0.4, 0.5) is 11.4 Å².